The molecule has 21 heavy (non-hydrogen) atoms. The highest BCUT2D eigenvalue weighted by atomic mass is 16.2. The van der Waals surface area contributed by atoms with Gasteiger partial charge in [-0.15, -0.1) is 0 Å². The van der Waals surface area contributed by atoms with E-state index in [2.05, 4.69) is 22.4 Å². The van der Waals surface area contributed by atoms with Crippen molar-refractivity contribution < 1.29 is 4.79 Å². The van der Waals surface area contributed by atoms with Crippen molar-refractivity contribution in [1.29, 1.82) is 0 Å². The molecule has 0 atom stereocenters. The van der Waals surface area contributed by atoms with E-state index < -0.39 is 5.69 Å². The third-order valence-corrected chi connectivity index (χ3v) is 3.15. The van der Waals surface area contributed by atoms with E-state index in [1.54, 1.807) is 12.3 Å². The van der Waals surface area contributed by atoms with Crippen LogP contribution in [-0.4, -0.2) is 22.0 Å². The Morgan fingerprint density at radius 3 is 2.71 bits per heavy atom. The van der Waals surface area contributed by atoms with Crippen molar-refractivity contribution in [1.82, 2.24) is 14.9 Å². The van der Waals surface area contributed by atoms with Crippen molar-refractivity contribution in [2.24, 2.45) is 0 Å². The quantitative estimate of drug-likeness (QED) is 0.782. The van der Waals surface area contributed by atoms with Gasteiger partial charge in [0.15, 0.2) is 0 Å². The molecular formula is C16H19N3O2. The second-order valence-electron chi connectivity index (χ2n) is 4.82. The highest BCUT2D eigenvalue weighted by Crippen LogP contribution is 2.03. The zero-order valence-corrected chi connectivity index (χ0v) is 11.9. The van der Waals surface area contributed by atoms with Crippen molar-refractivity contribution in [3.05, 3.63) is 64.8 Å². The minimum Gasteiger partial charge on any atom is -0.355 e. The number of nitrogens with zero attached hydrogens (tertiary/aromatic N) is 2. The van der Waals surface area contributed by atoms with E-state index >= 15 is 0 Å². The molecule has 2 rings (SSSR count). The van der Waals surface area contributed by atoms with Crippen LogP contribution in [0.3, 0.4) is 0 Å². The van der Waals surface area contributed by atoms with E-state index in [9.17, 15) is 9.59 Å². The maximum Gasteiger partial charge on any atom is 0.347 e. The molecule has 0 saturated heterocycles. The van der Waals surface area contributed by atoms with E-state index in [-0.39, 0.29) is 12.5 Å². The molecule has 0 radical (unpaired) electrons. The topological polar surface area (TPSA) is 64.0 Å². The fraction of sp³-hybridized carbons (Fsp3) is 0.312. The lowest BCUT2D eigenvalue weighted by Crippen LogP contribution is -2.33. The Kier molecular flexibility index (Phi) is 5.70. The van der Waals surface area contributed by atoms with E-state index in [1.165, 1.54) is 16.3 Å². The molecule has 0 spiro atoms. The number of aryl methyl sites for hydroxylation is 1. The standard InChI is InChI=1S/C16H19N3O2/c20-15(13-19-12-6-11-18-16(19)21)17-10-5-4-9-14-7-2-1-3-8-14/h1-3,6-8,11-12H,4-5,9-10,13H2,(H,17,20). The first-order valence-corrected chi connectivity index (χ1v) is 7.08. The highest BCUT2D eigenvalue weighted by Gasteiger charge is 2.03. The molecule has 0 aliphatic rings. The summed E-state index contributed by atoms with van der Waals surface area (Å²) in [6.07, 6.45) is 5.93. The van der Waals surface area contributed by atoms with E-state index in [0.717, 1.165) is 19.3 Å². The first-order valence-electron chi connectivity index (χ1n) is 7.08. The Bertz CT molecular complexity index is 623. The summed E-state index contributed by atoms with van der Waals surface area (Å²) in [7, 11) is 0. The summed E-state index contributed by atoms with van der Waals surface area (Å²) in [6, 6.07) is 11.9. The van der Waals surface area contributed by atoms with Gasteiger partial charge in [0.25, 0.3) is 0 Å². The molecule has 1 N–H and O–H groups in total. The third kappa shape index (κ3) is 5.22. The van der Waals surface area contributed by atoms with Crippen LogP contribution in [0, 0.1) is 0 Å². The summed E-state index contributed by atoms with van der Waals surface area (Å²) in [5.74, 6) is -0.162. The molecule has 2 aromatic rings. The Morgan fingerprint density at radius 2 is 1.95 bits per heavy atom. The van der Waals surface area contributed by atoms with Crippen LogP contribution in [0.15, 0.2) is 53.6 Å². The van der Waals surface area contributed by atoms with Gasteiger partial charge in [-0.25, -0.2) is 9.78 Å². The molecule has 0 fully saturated rings. The van der Waals surface area contributed by atoms with Crippen molar-refractivity contribution >= 4 is 5.91 Å². The zero-order valence-electron chi connectivity index (χ0n) is 11.9. The first kappa shape index (κ1) is 15.0. The molecule has 1 aromatic heterocycles. The Balaban J connectivity index is 1.64. The molecule has 0 aliphatic carbocycles. The summed E-state index contributed by atoms with van der Waals surface area (Å²) >= 11 is 0. The highest BCUT2D eigenvalue weighted by molar-refractivity contribution is 5.75. The fourth-order valence-corrected chi connectivity index (χ4v) is 2.04. The molecule has 0 unspecified atom stereocenters. The van der Waals surface area contributed by atoms with Gasteiger partial charge in [0, 0.05) is 18.9 Å². The molecule has 110 valence electrons. The lowest BCUT2D eigenvalue weighted by molar-refractivity contribution is -0.121. The molecule has 1 heterocycles. The van der Waals surface area contributed by atoms with E-state index in [0.29, 0.717) is 6.54 Å². The van der Waals surface area contributed by atoms with E-state index in [1.807, 2.05) is 18.2 Å². The Labute approximate surface area is 123 Å². The van der Waals surface area contributed by atoms with Gasteiger partial charge in [0.05, 0.1) is 0 Å². The number of rotatable bonds is 7. The van der Waals surface area contributed by atoms with Crippen LogP contribution >= 0.6 is 0 Å². The van der Waals surface area contributed by atoms with Gasteiger partial charge in [-0.1, -0.05) is 30.3 Å². The number of carbonyl (C=O) groups is 1. The van der Waals surface area contributed by atoms with Crippen LogP contribution in [0.4, 0.5) is 0 Å². The first-order chi connectivity index (χ1) is 10.3. The second kappa shape index (κ2) is 7.99. The van der Waals surface area contributed by atoms with Crippen LogP contribution in [0.5, 0.6) is 0 Å². The van der Waals surface area contributed by atoms with Gasteiger partial charge in [0.2, 0.25) is 5.91 Å². The molecule has 0 bridgehead atoms. The van der Waals surface area contributed by atoms with Crippen LogP contribution < -0.4 is 11.0 Å². The number of benzene rings is 1. The van der Waals surface area contributed by atoms with Gasteiger partial charge in [-0.05, 0) is 30.9 Å². The molecule has 5 nitrogen and oxygen atoms in total. The molecular weight excluding hydrogens is 266 g/mol. The average molecular weight is 285 g/mol. The molecule has 0 saturated carbocycles. The summed E-state index contributed by atoms with van der Waals surface area (Å²) in [4.78, 5) is 26.7. The lowest BCUT2D eigenvalue weighted by Gasteiger charge is -2.06. The average Bonchev–Trinajstić information content (AvgIpc) is 2.50. The van der Waals surface area contributed by atoms with Crippen molar-refractivity contribution in [3.8, 4) is 0 Å². The maximum atomic E-state index is 11.7. The van der Waals surface area contributed by atoms with Crippen molar-refractivity contribution in [2.45, 2.75) is 25.8 Å². The minimum atomic E-state index is -0.406. The number of amides is 1. The predicted molar refractivity (Wildman–Crippen MR) is 80.9 cm³/mol. The fourth-order valence-electron chi connectivity index (χ4n) is 2.04. The summed E-state index contributed by atoms with van der Waals surface area (Å²) < 4.78 is 1.29. The number of aromatic nitrogens is 2. The van der Waals surface area contributed by atoms with Crippen molar-refractivity contribution in [3.63, 3.8) is 0 Å². The zero-order chi connectivity index (χ0) is 14.9. The lowest BCUT2D eigenvalue weighted by atomic mass is 10.1. The van der Waals surface area contributed by atoms with Crippen LogP contribution in [0.1, 0.15) is 18.4 Å². The molecule has 1 amide bonds. The van der Waals surface area contributed by atoms with Gasteiger partial charge in [0.1, 0.15) is 6.54 Å². The molecule has 0 aliphatic heterocycles. The van der Waals surface area contributed by atoms with Gasteiger partial charge < -0.3 is 5.32 Å². The third-order valence-electron chi connectivity index (χ3n) is 3.15. The Hall–Kier alpha value is -2.43. The number of hydrogen-bond acceptors (Lipinski definition) is 3. The summed E-state index contributed by atoms with van der Waals surface area (Å²) in [5, 5.41) is 2.82. The Morgan fingerprint density at radius 1 is 1.14 bits per heavy atom. The normalized spacial score (nSPS) is 10.3. The monoisotopic (exact) mass is 285 g/mol. The molecule has 1 aromatic carbocycles. The predicted octanol–water partition coefficient (Wildman–Crippen LogP) is 1.38. The summed E-state index contributed by atoms with van der Waals surface area (Å²) in [5.41, 5.74) is 0.905. The van der Waals surface area contributed by atoms with Crippen molar-refractivity contribution in [2.75, 3.05) is 6.54 Å². The number of nitrogens with one attached hydrogen (secondary N) is 1. The van der Waals surface area contributed by atoms with E-state index in [4.69, 9.17) is 0 Å². The second-order valence-corrected chi connectivity index (χ2v) is 4.82. The number of carbonyl (C=O) groups excluding carboxylic acids is 1. The number of unbranched alkanes of at least 4 members (excludes halogenated alkanes) is 1. The summed E-state index contributed by atoms with van der Waals surface area (Å²) in [6.45, 7) is 0.645. The SMILES string of the molecule is O=C(Cn1cccnc1=O)NCCCCc1ccccc1. The maximum absolute atomic E-state index is 11.7. The number of hydrogen-bond donors (Lipinski definition) is 1. The smallest absolute Gasteiger partial charge is 0.347 e. The van der Waals surface area contributed by atoms with Gasteiger partial charge >= 0.3 is 5.69 Å². The van der Waals surface area contributed by atoms with Crippen LogP contribution in [-0.2, 0) is 17.8 Å². The largest absolute Gasteiger partial charge is 0.355 e. The molecule has 5 heteroatoms. The van der Waals surface area contributed by atoms with Crippen LogP contribution in [0.25, 0.3) is 0 Å². The van der Waals surface area contributed by atoms with Crippen LogP contribution in [0.2, 0.25) is 0 Å². The van der Waals surface area contributed by atoms with Gasteiger partial charge in [-0.3, -0.25) is 9.36 Å². The van der Waals surface area contributed by atoms with Gasteiger partial charge in [-0.2, -0.15) is 0 Å². The minimum absolute atomic E-state index is 0.0192.